The van der Waals surface area contributed by atoms with E-state index in [9.17, 15) is 27.6 Å². The van der Waals surface area contributed by atoms with Gasteiger partial charge in [-0.15, -0.1) is 5.06 Å². The topological polar surface area (TPSA) is 157 Å². The molecule has 3 heterocycles. The average Bonchev–Trinajstić information content (AvgIpc) is 3.16. The number of carbonyl (C=O) groups excluding carboxylic acids is 4. The predicted molar refractivity (Wildman–Crippen MR) is 157 cm³/mol. The summed E-state index contributed by atoms with van der Waals surface area (Å²) in [4.78, 5) is 65.9. The summed E-state index contributed by atoms with van der Waals surface area (Å²) in [5.74, 6) is -2.80. The average molecular weight is 632 g/mol. The van der Waals surface area contributed by atoms with Crippen molar-refractivity contribution in [1.82, 2.24) is 14.9 Å². The number of carbonyl (C=O) groups is 4. The van der Waals surface area contributed by atoms with E-state index in [2.05, 4.69) is 16.8 Å². The van der Waals surface area contributed by atoms with E-state index in [1.54, 1.807) is 23.1 Å². The highest BCUT2D eigenvalue weighted by Crippen LogP contribution is 2.42. The zero-order chi connectivity index (χ0) is 30.9. The lowest BCUT2D eigenvalue weighted by atomic mass is 10.1. The molecule has 2 aromatic rings. The van der Waals surface area contributed by atoms with Crippen LogP contribution < -0.4 is 4.90 Å². The molecular weight excluding hydrogens is 602 g/mol. The summed E-state index contributed by atoms with van der Waals surface area (Å²) < 4.78 is 31.7. The molecule has 3 aliphatic rings. The maximum absolute atomic E-state index is 13.8. The summed E-state index contributed by atoms with van der Waals surface area (Å²) in [5.41, 5.74) is 2.60. The molecule has 0 bridgehead atoms. The number of amidine groups is 1. The van der Waals surface area contributed by atoms with Gasteiger partial charge in [0, 0.05) is 49.6 Å². The van der Waals surface area contributed by atoms with E-state index in [1.807, 2.05) is 24.3 Å². The smallest absolute Gasteiger partial charge is 0.333 e. The van der Waals surface area contributed by atoms with Gasteiger partial charge in [0.05, 0.1) is 23.5 Å². The van der Waals surface area contributed by atoms with Gasteiger partial charge < -0.3 is 14.6 Å². The Bertz CT molecular complexity index is 1610. The summed E-state index contributed by atoms with van der Waals surface area (Å²) in [6, 6.07) is 12.7. The Kier molecular flexibility index (Phi) is 8.83. The number of aliphatic imine (C=N–C) groups is 1. The molecule has 0 aromatic heterocycles. The van der Waals surface area contributed by atoms with Gasteiger partial charge in [0.2, 0.25) is 5.91 Å². The van der Waals surface area contributed by atoms with Crippen LogP contribution >= 0.6 is 11.6 Å². The van der Waals surface area contributed by atoms with Crippen molar-refractivity contribution in [2.45, 2.75) is 37.4 Å². The van der Waals surface area contributed by atoms with Crippen molar-refractivity contribution in [2.24, 2.45) is 4.99 Å². The summed E-state index contributed by atoms with van der Waals surface area (Å²) in [5, 5.41) is -1.45. The molecule has 15 heteroatoms. The highest BCUT2D eigenvalue weighted by Gasteiger charge is 2.48. The van der Waals surface area contributed by atoms with Gasteiger partial charge in [-0.2, -0.15) is 8.42 Å². The second-order valence-electron chi connectivity index (χ2n) is 10.5. The van der Waals surface area contributed by atoms with Gasteiger partial charge >= 0.3 is 5.97 Å². The number of amides is 3. The normalized spacial score (nSPS) is 19.1. The molecule has 228 valence electrons. The number of piperazine rings is 1. The zero-order valence-electron chi connectivity index (χ0n) is 23.3. The molecule has 0 radical (unpaired) electrons. The minimum atomic E-state index is -4.82. The minimum absolute atomic E-state index is 0.0555. The van der Waals surface area contributed by atoms with Crippen LogP contribution in [0.4, 0.5) is 17.1 Å². The maximum Gasteiger partial charge on any atom is 0.333 e. The van der Waals surface area contributed by atoms with Crippen molar-refractivity contribution in [1.29, 1.82) is 0 Å². The number of anilines is 2. The van der Waals surface area contributed by atoms with Crippen molar-refractivity contribution in [3.63, 3.8) is 0 Å². The molecule has 2 fully saturated rings. The predicted octanol–water partition coefficient (Wildman–Crippen LogP) is 2.68. The third-order valence-electron chi connectivity index (χ3n) is 7.48. The molecule has 0 saturated carbocycles. The van der Waals surface area contributed by atoms with Crippen LogP contribution in [0.2, 0.25) is 5.02 Å². The highest BCUT2D eigenvalue weighted by atomic mass is 35.5. The second-order valence-corrected chi connectivity index (χ2v) is 12.5. The molecule has 0 aliphatic carbocycles. The Morgan fingerprint density at radius 2 is 1.72 bits per heavy atom. The Hall–Kier alpha value is -3.85. The van der Waals surface area contributed by atoms with Gasteiger partial charge in [-0.25, -0.2) is 9.79 Å². The standard InChI is InChI=1S/C28H30ClN5O8S/c1-31-12-14-32(15-13-31)27-19-6-2-3-7-21(19)33(22-11-10-18(29)16-20(22)30-27)24(35)8-4-5-9-26(37)42-34-25(36)17-23(28(34)38)43(39,40)41/h2-3,6-7,10-11,16,23H,4-5,8-9,12-15,17H2,1H3,(H,39,40,41). The van der Waals surface area contributed by atoms with E-state index in [0.717, 1.165) is 37.6 Å². The first-order valence-corrected chi connectivity index (χ1v) is 15.6. The van der Waals surface area contributed by atoms with Gasteiger partial charge in [-0.3, -0.25) is 23.8 Å². The van der Waals surface area contributed by atoms with Gasteiger partial charge in [-0.05, 0) is 50.2 Å². The molecule has 2 aromatic carbocycles. The number of para-hydroxylation sites is 1. The number of unbranched alkanes of at least 4 members (excludes halogenated alkanes) is 1. The van der Waals surface area contributed by atoms with Crippen LogP contribution in [-0.4, -0.2) is 95.8 Å². The van der Waals surface area contributed by atoms with Crippen LogP contribution in [0.5, 0.6) is 0 Å². The fraction of sp³-hybridized carbons (Fsp3) is 0.393. The van der Waals surface area contributed by atoms with Crippen molar-refractivity contribution in [3.05, 3.63) is 53.1 Å². The molecule has 5 rings (SSSR count). The lowest BCUT2D eigenvalue weighted by molar-refractivity contribution is -0.197. The van der Waals surface area contributed by atoms with E-state index in [4.69, 9.17) is 26.0 Å². The monoisotopic (exact) mass is 631 g/mol. The molecular formula is C28H30ClN5O8S. The number of halogens is 1. The third kappa shape index (κ3) is 6.56. The summed E-state index contributed by atoms with van der Waals surface area (Å²) in [7, 11) is -2.75. The molecule has 0 spiro atoms. The molecule has 1 N–H and O–H groups in total. The number of benzene rings is 2. The van der Waals surface area contributed by atoms with Crippen molar-refractivity contribution >= 4 is 68.3 Å². The number of imide groups is 1. The molecule has 1 unspecified atom stereocenters. The van der Waals surface area contributed by atoms with Crippen LogP contribution in [0, 0.1) is 0 Å². The van der Waals surface area contributed by atoms with E-state index < -0.39 is 39.6 Å². The third-order valence-corrected chi connectivity index (χ3v) is 8.80. The fourth-order valence-electron chi connectivity index (χ4n) is 5.18. The molecule has 3 amide bonds. The molecule has 2 saturated heterocycles. The minimum Gasteiger partial charge on any atom is -0.353 e. The van der Waals surface area contributed by atoms with E-state index in [-0.39, 0.29) is 36.7 Å². The number of hydrogen-bond acceptors (Lipinski definition) is 10. The fourth-order valence-corrected chi connectivity index (χ4v) is 6.05. The largest absolute Gasteiger partial charge is 0.353 e. The summed E-state index contributed by atoms with van der Waals surface area (Å²) >= 11 is 6.34. The zero-order valence-corrected chi connectivity index (χ0v) is 24.9. The first-order valence-electron chi connectivity index (χ1n) is 13.7. The Balaban J connectivity index is 1.28. The number of fused-ring (bicyclic) bond motifs is 2. The first kappa shape index (κ1) is 30.6. The first-order chi connectivity index (χ1) is 20.4. The van der Waals surface area contributed by atoms with Crippen LogP contribution in [0.1, 0.15) is 37.7 Å². The van der Waals surface area contributed by atoms with Crippen molar-refractivity contribution < 1.29 is 37.0 Å². The van der Waals surface area contributed by atoms with Gasteiger partial charge in [0.25, 0.3) is 21.9 Å². The van der Waals surface area contributed by atoms with Crippen LogP contribution in [-0.2, 0) is 34.1 Å². The van der Waals surface area contributed by atoms with Crippen LogP contribution in [0.25, 0.3) is 0 Å². The van der Waals surface area contributed by atoms with Gasteiger partial charge in [0.1, 0.15) is 5.84 Å². The molecule has 1 atom stereocenters. The van der Waals surface area contributed by atoms with Crippen molar-refractivity contribution in [3.8, 4) is 0 Å². The number of likely N-dealkylation sites (N-methyl/N-ethyl adjacent to an activating group) is 1. The highest BCUT2D eigenvalue weighted by molar-refractivity contribution is 7.87. The number of rotatable bonds is 7. The van der Waals surface area contributed by atoms with Gasteiger partial charge in [0.15, 0.2) is 5.25 Å². The molecule has 13 nitrogen and oxygen atoms in total. The van der Waals surface area contributed by atoms with E-state index in [0.29, 0.717) is 22.1 Å². The Labute approximate surface area is 253 Å². The Morgan fingerprint density at radius 1 is 1.02 bits per heavy atom. The quantitative estimate of drug-likeness (QED) is 0.274. The maximum atomic E-state index is 13.8. The number of hydrogen-bond donors (Lipinski definition) is 1. The lowest BCUT2D eigenvalue weighted by Crippen LogP contribution is -2.47. The molecule has 3 aliphatic heterocycles. The SMILES string of the molecule is CN1CCN(C2=Nc3cc(Cl)ccc3N(C(=O)CCCCC(=O)ON3C(=O)CC(S(=O)(=O)O)C3=O)c3ccccc32)CC1. The van der Waals surface area contributed by atoms with E-state index in [1.165, 1.54) is 0 Å². The number of nitrogens with zero attached hydrogens (tertiary/aromatic N) is 5. The van der Waals surface area contributed by atoms with Crippen molar-refractivity contribution in [2.75, 3.05) is 38.1 Å². The van der Waals surface area contributed by atoms with Crippen LogP contribution in [0.3, 0.4) is 0 Å². The number of hydroxylamine groups is 2. The molecule has 43 heavy (non-hydrogen) atoms. The van der Waals surface area contributed by atoms with Crippen LogP contribution in [0.15, 0.2) is 47.5 Å². The Morgan fingerprint density at radius 3 is 2.42 bits per heavy atom. The van der Waals surface area contributed by atoms with Gasteiger partial charge in [-0.1, -0.05) is 23.7 Å². The summed E-state index contributed by atoms with van der Waals surface area (Å²) in [6.07, 6.45) is -0.532. The summed E-state index contributed by atoms with van der Waals surface area (Å²) in [6.45, 7) is 3.29. The second kappa shape index (κ2) is 12.4. The lowest BCUT2D eigenvalue weighted by Gasteiger charge is -2.35. The van der Waals surface area contributed by atoms with E-state index >= 15 is 0 Å².